The highest BCUT2D eigenvalue weighted by atomic mass is 35.5. The van der Waals surface area contributed by atoms with Crippen LogP contribution in [0, 0.1) is 0 Å². The number of rotatable bonds is 5. The molecule has 0 unspecified atom stereocenters. The number of anilines is 1. The Morgan fingerprint density at radius 1 is 1.45 bits per heavy atom. The van der Waals surface area contributed by atoms with Crippen LogP contribution in [0.2, 0.25) is 5.02 Å². The lowest BCUT2D eigenvalue weighted by molar-refractivity contribution is -0.117. The fourth-order valence-electron chi connectivity index (χ4n) is 1.80. The number of nitrogens with one attached hydrogen (secondary N) is 1. The maximum absolute atomic E-state index is 11.9. The van der Waals surface area contributed by atoms with Gasteiger partial charge in [0, 0.05) is 22.6 Å². The van der Waals surface area contributed by atoms with Gasteiger partial charge in [-0.15, -0.1) is 11.3 Å². The molecule has 20 heavy (non-hydrogen) atoms. The van der Waals surface area contributed by atoms with Crippen molar-refractivity contribution in [3.63, 3.8) is 0 Å². The third kappa shape index (κ3) is 4.03. The van der Waals surface area contributed by atoms with Gasteiger partial charge in [0.05, 0.1) is 6.54 Å². The number of hydrogen-bond donors (Lipinski definition) is 1. The highest BCUT2D eigenvalue weighted by molar-refractivity contribution is 7.13. The number of carbonyl (C=O) groups excluding carboxylic acids is 1. The first-order valence-electron chi connectivity index (χ1n) is 6.21. The van der Waals surface area contributed by atoms with E-state index >= 15 is 0 Å². The Kier molecular flexibility index (Phi) is 5.11. The number of hydrogen-bond acceptors (Lipinski definition) is 4. The maximum atomic E-state index is 11.9. The minimum Gasteiger partial charge on any atom is -0.301 e. The first kappa shape index (κ1) is 15.0. The Bertz CT molecular complexity index is 556. The van der Waals surface area contributed by atoms with Crippen LogP contribution in [-0.2, 0) is 4.79 Å². The van der Waals surface area contributed by atoms with Gasteiger partial charge in [-0.2, -0.15) is 0 Å². The summed E-state index contributed by atoms with van der Waals surface area (Å²) in [5.41, 5.74) is 1.12. The topological polar surface area (TPSA) is 45.2 Å². The Labute approximate surface area is 127 Å². The summed E-state index contributed by atoms with van der Waals surface area (Å²) in [6.07, 6.45) is 1.67. The van der Waals surface area contributed by atoms with Gasteiger partial charge in [-0.3, -0.25) is 9.69 Å². The summed E-state index contributed by atoms with van der Waals surface area (Å²) in [7, 11) is 1.92. The van der Waals surface area contributed by atoms with Crippen molar-refractivity contribution in [3.8, 4) is 0 Å². The van der Waals surface area contributed by atoms with E-state index in [1.54, 1.807) is 6.20 Å². The molecule has 0 saturated heterocycles. The van der Waals surface area contributed by atoms with Gasteiger partial charge in [0.2, 0.25) is 5.91 Å². The van der Waals surface area contributed by atoms with Gasteiger partial charge in [0.15, 0.2) is 5.13 Å². The predicted molar refractivity (Wildman–Crippen MR) is 83.2 cm³/mol. The molecule has 0 spiro atoms. The molecule has 0 saturated carbocycles. The van der Waals surface area contributed by atoms with Gasteiger partial charge < -0.3 is 5.32 Å². The molecule has 2 rings (SSSR count). The Balaban J connectivity index is 1.91. The van der Waals surface area contributed by atoms with Crippen LogP contribution in [0.3, 0.4) is 0 Å². The van der Waals surface area contributed by atoms with Crippen molar-refractivity contribution >= 4 is 34.0 Å². The molecule has 1 aromatic heterocycles. The smallest absolute Gasteiger partial charge is 0.240 e. The van der Waals surface area contributed by atoms with Gasteiger partial charge >= 0.3 is 0 Å². The zero-order valence-corrected chi connectivity index (χ0v) is 12.9. The molecule has 0 bridgehead atoms. The molecule has 0 fully saturated rings. The van der Waals surface area contributed by atoms with Gasteiger partial charge in [-0.25, -0.2) is 4.98 Å². The molecule has 1 atom stereocenters. The van der Waals surface area contributed by atoms with Crippen LogP contribution >= 0.6 is 22.9 Å². The van der Waals surface area contributed by atoms with E-state index in [1.807, 2.05) is 41.6 Å². The van der Waals surface area contributed by atoms with Gasteiger partial charge in [0.1, 0.15) is 0 Å². The molecule has 0 aliphatic carbocycles. The molecule has 0 aliphatic heterocycles. The second-order valence-corrected chi connectivity index (χ2v) is 5.86. The van der Waals surface area contributed by atoms with E-state index in [0.717, 1.165) is 5.56 Å². The minimum atomic E-state index is -0.0664. The molecule has 0 aliphatic rings. The number of benzene rings is 1. The van der Waals surface area contributed by atoms with E-state index in [9.17, 15) is 4.79 Å². The van der Waals surface area contributed by atoms with E-state index in [0.29, 0.717) is 16.7 Å². The van der Waals surface area contributed by atoms with Gasteiger partial charge in [0.25, 0.3) is 0 Å². The van der Waals surface area contributed by atoms with Crippen LogP contribution in [0.1, 0.15) is 18.5 Å². The minimum absolute atomic E-state index is 0.0664. The molecule has 1 N–H and O–H groups in total. The van der Waals surface area contributed by atoms with Crippen molar-refractivity contribution < 1.29 is 4.79 Å². The monoisotopic (exact) mass is 309 g/mol. The lowest BCUT2D eigenvalue weighted by Crippen LogP contribution is -2.32. The number of halogens is 1. The van der Waals surface area contributed by atoms with Crippen molar-refractivity contribution in [2.45, 2.75) is 13.0 Å². The average molecular weight is 310 g/mol. The molecule has 0 radical (unpaired) electrons. The molecular weight excluding hydrogens is 294 g/mol. The van der Waals surface area contributed by atoms with Crippen LogP contribution < -0.4 is 5.32 Å². The van der Waals surface area contributed by atoms with Crippen LogP contribution in [0.25, 0.3) is 0 Å². The molecule has 2 aromatic rings. The summed E-state index contributed by atoms with van der Waals surface area (Å²) >= 11 is 7.28. The van der Waals surface area contributed by atoms with Crippen molar-refractivity contribution in [3.05, 3.63) is 46.4 Å². The molecule has 106 valence electrons. The Morgan fingerprint density at radius 2 is 2.15 bits per heavy atom. The SMILES string of the molecule is C[C@@H](c1ccc(Cl)cc1)N(C)CC(=O)Nc1nccs1. The molecule has 1 heterocycles. The summed E-state index contributed by atoms with van der Waals surface area (Å²) < 4.78 is 0. The number of thiazole rings is 1. The largest absolute Gasteiger partial charge is 0.301 e. The number of aromatic nitrogens is 1. The summed E-state index contributed by atoms with van der Waals surface area (Å²) in [6.45, 7) is 2.36. The average Bonchev–Trinajstić information content (AvgIpc) is 2.91. The molecular formula is C14H16ClN3OS. The maximum Gasteiger partial charge on any atom is 0.240 e. The van der Waals surface area contributed by atoms with Crippen molar-refractivity contribution in [1.29, 1.82) is 0 Å². The summed E-state index contributed by atoms with van der Waals surface area (Å²) in [4.78, 5) is 17.9. The van der Waals surface area contributed by atoms with E-state index in [4.69, 9.17) is 11.6 Å². The van der Waals surface area contributed by atoms with E-state index in [2.05, 4.69) is 17.2 Å². The predicted octanol–water partition coefficient (Wildman–Crippen LogP) is 3.43. The van der Waals surface area contributed by atoms with Gasteiger partial charge in [-0.1, -0.05) is 23.7 Å². The number of likely N-dealkylation sites (N-methyl/N-ethyl adjacent to an activating group) is 1. The number of nitrogens with zero attached hydrogens (tertiary/aromatic N) is 2. The van der Waals surface area contributed by atoms with Crippen LogP contribution in [0.15, 0.2) is 35.8 Å². The fraction of sp³-hybridized carbons (Fsp3) is 0.286. The quantitative estimate of drug-likeness (QED) is 0.920. The Hall–Kier alpha value is -1.43. The lowest BCUT2D eigenvalue weighted by atomic mass is 10.1. The van der Waals surface area contributed by atoms with Crippen LogP contribution in [0.5, 0.6) is 0 Å². The van der Waals surface area contributed by atoms with E-state index in [-0.39, 0.29) is 11.9 Å². The Morgan fingerprint density at radius 3 is 2.75 bits per heavy atom. The number of amides is 1. The summed E-state index contributed by atoms with van der Waals surface area (Å²) in [6, 6.07) is 7.80. The molecule has 1 amide bonds. The second-order valence-electron chi connectivity index (χ2n) is 4.53. The zero-order chi connectivity index (χ0) is 14.5. The third-order valence-corrected chi connectivity index (χ3v) is 4.03. The third-order valence-electron chi connectivity index (χ3n) is 3.09. The van der Waals surface area contributed by atoms with Gasteiger partial charge in [-0.05, 0) is 31.7 Å². The summed E-state index contributed by atoms with van der Waals surface area (Å²) in [5.74, 6) is -0.0664. The molecule has 1 aromatic carbocycles. The summed E-state index contributed by atoms with van der Waals surface area (Å²) in [5, 5.41) is 5.94. The van der Waals surface area contributed by atoms with Crippen molar-refractivity contribution in [2.24, 2.45) is 0 Å². The van der Waals surface area contributed by atoms with Crippen molar-refractivity contribution in [2.75, 3.05) is 18.9 Å². The highest BCUT2D eigenvalue weighted by Gasteiger charge is 2.15. The van der Waals surface area contributed by atoms with Crippen molar-refractivity contribution in [1.82, 2.24) is 9.88 Å². The van der Waals surface area contributed by atoms with Crippen LogP contribution in [0.4, 0.5) is 5.13 Å². The molecule has 4 nitrogen and oxygen atoms in total. The first-order valence-corrected chi connectivity index (χ1v) is 7.47. The van der Waals surface area contributed by atoms with E-state index in [1.165, 1.54) is 11.3 Å². The molecule has 6 heteroatoms. The lowest BCUT2D eigenvalue weighted by Gasteiger charge is -2.24. The standard InChI is InChI=1S/C14H16ClN3OS/c1-10(11-3-5-12(15)6-4-11)18(2)9-13(19)17-14-16-7-8-20-14/h3-8,10H,9H2,1-2H3,(H,16,17,19)/t10-/m0/s1. The fourth-order valence-corrected chi connectivity index (χ4v) is 2.47. The van der Waals surface area contributed by atoms with E-state index < -0.39 is 0 Å². The highest BCUT2D eigenvalue weighted by Crippen LogP contribution is 2.20. The zero-order valence-electron chi connectivity index (χ0n) is 11.3. The first-order chi connectivity index (χ1) is 9.56. The second kappa shape index (κ2) is 6.83. The normalized spacial score (nSPS) is 12.4. The van der Waals surface area contributed by atoms with Crippen LogP contribution in [-0.4, -0.2) is 29.4 Å². The number of carbonyl (C=O) groups is 1.